The first kappa shape index (κ1) is 10.6. The van der Waals surface area contributed by atoms with Crippen molar-refractivity contribution in [1.29, 1.82) is 0 Å². The lowest BCUT2D eigenvalue weighted by molar-refractivity contribution is 0.268. The summed E-state index contributed by atoms with van der Waals surface area (Å²) >= 11 is 0. The van der Waals surface area contributed by atoms with E-state index in [1.807, 2.05) is 6.07 Å². The average molecular weight is 209 g/mol. The monoisotopic (exact) mass is 209 g/mol. The van der Waals surface area contributed by atoms with E-state index in [4.69, 9.17) is 4.52 Å². The molecule has 0 spiro atoms. The smallest absolute Gasteiger partial charge is 0.124 e. The topological polar surface area (TPSA) is 41.3 Å². The van der Waals surface area contributed by atoms with Crippen molar-refractivity contribution in [3.8, 4) is 0 Å². The van der Waals surface area contributed by atoms with E-state index in [9.17, 15) is 0 Å². The summed E-state index contributed by atoms with van der Waals surface area (Å²) in [6, 6.07) is 3.16. The predicted molar refractivity (Wildman–Crippen MR) is 58.5 cm³/mol. The summed E-state index contributed by atoms with van der Waals surface area (Å²) in [5, 5.41) is 7.38. The Morgan fingerprint density at radius 1 is 1.67 bits per heavy atom. The Hall–Kier alpha value is -0.870. The molecule has 0 radical (unpaired) electrons. The molecule has 1 aromatic rings. The van der Waals surface area contributed by atoms with E-state index in [1.165, 1.54) is 13.0 Å². The first-order valence-corrected chi connectivity index (χ1v) is 5.62. The summed E-state index contributed by atoms with van der Waals surface area (Å²) in [6.07, 6.45) is 2.85. The molecule has 1 unspecified atom stereocenters. The summed E-state index contributed by atoms with van der Waals surface area (Å²) < 4.78 is 4.79. The summed E-state index contributed by atoms with van der Waals surface area (Å²) in [5.74, 6) is 0. The first-order chi connectivity index (χ1) is 7.25. The number of nitrogens with one attached hydrogen (secondary N) is 1. The zero-order valence-corrected chi connectivity index (χ0v) is 9.44. The number of hydrogen-bond donors (Lipinski definition) is 1. The van der Waals surface area contributed by atoms with Gasteiger partial charge in [-0.15, -0.1) is 0 Å². The van der Waals surface area contributed by atoms with Crippen LogP contribution < -0.4 is 5.32 Å². The lowest BCUT2D eigenvalue weighted by Crippen LogP contribution is -2.34. The van der Waals surface area contributed by atoms with Crippen molar-refractivity contribution in [2.24, 2.45) is 0 Å². The van der Waals surface area contributed by atoms with Gasteiger partial charge in [-0.05, 0) is 26.8 Å². The van der Waals surface area contributed by atoms with Crippen LogP contribution in [0.2, 0.25) is 0 Å². The lowest BCUT2D eigenvalue weighted by atomic mass is 10.2. The normalized spacial score (nSPS) is 22.7. The molecule has 1 saturated heterocycles. The minimum absolute atomic E-state index is 0.601. The van der Waals surface area contributed by atoms with Gasteiger partial charge in [0.15, 0.2) is 0 Å². The Morgan fingerprint density at radius 2 is 2.53 bits per heavy atom. The van der Waals surface area contributed by atoms with E-state index in [1.54, 1.807) is 6.26 Å². The van der Waals surface area contributed by atoms with Gasteiger partial charge in [-0.1, -0.05) is 5.16 Å². The molecule has 1 atom stereocenters. The van der Waals surface area contributed by atoms with Gasteiger partial charge in [0.05, 0.1) is 5.69 Å². The van der Waals surface area contributed by atoms with Crippen molar-refractivity contribution < 1.29 is 4.52 Å². The highest BCUT2D eigenvalue weighted by molar-refractivity contribution is 4.95. The molecule has 1 aliphatic rings. The Kier molecular flexibility index (Phi) is 3.38. The molecule has 4 nitrogen and oxygen atoms in total. The van der Waals surface area contributed by atoms with Crippen LogP contribution in [0.15, 0.2) is 16.9 Å². The molecular formula is C11H19N3O. The lowest BCUT2D eigenvalue weighted by Gasteiger charge is -2.20. The summed E-state index contributed by atoms with van der Waals surface area (Å²) in [6.45, 7) is 7.66. The van der Waals surface area contributed by atoms with E-state index in [0.29, 0.717) is 12.1 Å². The van der Waals surface area contributed by atoms with Gasteiger partial charge in [-0.3, -0.25) is 4.90 Å². The number of likely N-dealkylation sites (tertiary alicyclic amines) is 1. The SMILES string of the molecule is CC(C)N1CCC(NCc2ccon2)C1. The number of nitrogens with zero attached hydrogens (tertiary/aromatic N) is 2. The van der Waals surface area contributed by atoms with Crippen molar-refractivity contribution in [2.75, 3.05) is 13.1 Å². The summed E-state index contributed by atoms with van der Waals surface area (Å²) in [5.41, 5.74) is 0.984. The number of hydrogen-bond acceptors (Lipinski definition) is 4. The van der Waals surface area contributed by atoms with Gasteiger partial charge in [0.2, 0.25) is 0 Å². The molecule has 0 aliphatic carbocycles. The van der Waals surface area contributed by atoms with Crippen molar-refractivity contribution in [2.45, 2.75) is 38.9 Å². The Bertz CT molecular complexity index is 284. The summed E-state index contributed by atoms with van der Waals surface area (Å²) in [4.78, 5) is 2.50. The van der Waals surface area contributed by atoms with Gasteiger partial charge in [0, 0.05) is 31.2 Å². The zero-order valence-electron chi connectivity index (χ0n) is 9.44. The standard InChI is InChI=1S/C11H19N3O/c1-9(2)14-5-3-11(8-14)12-7-10-4-6-15-13-10/h4,6,9,11-12H,3,5,7-8H2,1-2H3. The number of aromatic nitrogens is 1. The van der Waals surface area contributed by atoms with Crippen LogP contribution >= 0.6 is 0 Å². The molecule has 0 amide bonds. The highest BCUT2D eigenvalue weighted by Gasteiger charge is 2.23. The molecule has 1 N–H and O–H groups in total. The van der Waals surface area contributed by atoms with Crippen LogP contribution in [0, 0.1) is 0 Å². The molecule has 0 saturated carbocycles. The van der Waals surface area contributed by atoms with Gasteiger partial charge in [0.1, 0.15) is 6.26 Å². The molecule has 2 rings (SSSR count). The van der Waals surface area contributed by atoms with Gasteiger partial charge in [0.25, 0.3) is 0 Å². The largest absolute Gasteiger partial charge is 0.364 e. The molecule has 2 heterocycles. The van der Waals surface area contributed by atoms with E-state index < -0.39 is 0 Å². The van der Waals surface area contributed by atoms with E-state index in [2.05, 4.69) is 29.2 Å². The highest BCUT2D eigenvalue weighted by atomic mass is 16.5. The average Bonchev–Trinajstić information content (AvgIpc) is 2.86. The maximum Gasteiger partial charge on any atom is 0.124 e. The van der Waals surface area contributed by atoms with E-state index >= 15 is 0 Å². The van der Waals surface area contributed by atoms with Crippen molar-refractivity contribution in [3.63, 3.8) is 0 Å². The second kappa shape index (κ2) is 4.77. The van der Waals surface area contributed by atoms with E-state index in [0.717, 1.165) is 18.8 Å². The predicted octanol–water partition coefficient (Wildman–Crippen LogP) is 1.25. The Morgan fingerprint density at radius 3 is 3.13 bits per heavy atom. The third kappa shape index (κ3) is 2.79. The van der Waals surface area contributed by atoms with Gasteiger partial charge >= 0.3 is 0 Å². The van der Waals surface area contributed by atoms with E-state index in [-0.39, 0.29) is 0 Å². The second-order valence-corrected chi connectivity index (χ2v) is 4.45. The van der Waals surface area contributed by atoms with Crippen LogP contribution in [0.3, 0.4) is 0 Å². The zero-order chi connectivity index (χ0) is 10.7. The first-order valence-electron chi connectivity index (χ1n) is 5.62. The molecule has 1 fully saturated rings. The molecule has 0 aromatic carbocycles. The molecule has 84 valence electrons. The minimum atomic E-state index is 0.601. The fourth-order valence-electron chi connectivity index (χ4n) is 2.00. The quantitative estimate of drug-likeness (QED) is 0.810. The third-order valence-corrected chi connectivity index (χ3v) is 3.01. The van der Waals surface area contributed by atoms with Crippen molar-refractivity contribution >= 4 is 0 Å². The molecule has 15 heavy (non-hydrogen) atoms. The van der Waals surface area contributed by atoms with Gasteiger partial charge in [-0.2, -0.15) is 0 Å². The molecule has 1 aliphatic heterocycles. The molecule has 0 bridgehead atoms. The maximum atomic E-state index is 4.79. The number of rotatable bonds is 4. The maximum absolute atomic E-state index is 4.79. The molecule has 1 aromatic heterocycles. The fraction of sp³-hybridized carbons (Fsp3) is 0.727. The van der Waals surface area contributed by atoms with Gasteiger partial charge < -0.3 is 9.84 Å². The van der Waals surface area contributed by atoms with Crippen LogP contribution in [-0.2, 0) is 6.54 Å². The Labute approximate surface area is 90.6 Å². The third-order valence-electron chi connectivity index (χ3n) is 3.01. The second-order valence-electron chi connectivity index (χ2n) is 4.45. The molecule has 4 heteroatoms. The Balaban J connectivity index is 1.73. The van der Waals surface area contributed by atoms with Gasteiger partial charge in [-0.25, -0.2) is 0 Å². The van der Waals surface area contributed by atoms with Crippen LogP contribution in [0.4, 0.5) is 0 Å². The molecular weight excluding hydrogens is 190 g/mol. The fourth-order valence-corrected chi connectivity index (χ4v) is 2.00. The van der Waals surface area contributed by atoms with Crippen molar-refractivity contribution in [3.05, 3.63) is 18.0 Å². The van der Waals surface area contributed by atoms with Crippen LogP contribution in [-0.4, -0.2) is 35.2 Å². The highest BCUT2D eigenvalue weighted by Crippen LogP contribution is 2.12. The van der Waals surface area contributed by atoms with Crippen molar-refractivity contribution in [1.82, 2.24) is 15.4 Å². The minimum Gasteiger partial charge on any atom is -0.364 e. The van der Waals surface area contributed by atoms with Crippen LogP contribution in [0.25, 0.3) is 0 Å². The van der Waals surface area contributed by atoms with Crippen LogP contribution in [0.5, 0.6) is 0 Å². The van der Waals surface area contributed by atoms with Crippen LogP contribution in [0.1, 0.15) is 26.0 Å². The summed E-state index contributed by atoms with van der Waals surface area (Å²) in [7, 11) is 0.